The first kappa shape index (κ1) is 14.9. The fourth-order valence-electron chi connectivity index (χ4n) is 1.91. The van der Waals surface area contributed by atoms with Crippen molar-refractivity contribution < 1.29 is 19.0 Å². The van der Waals surface area contributed by atoms with E-state index in [2.05, 4.69) is 5.32 Å². The van der Waals surface area contributed by atoms with E-state index in [1.807, 2.05) is 0 Å². The van der Waals surface area contributed by atoms with E-state index in [1.54, 1.807) is 6.07 Å². The zero-order valence-electron chi connectivity index (χ0n) is 11.4. The monoisotopic (exact) mass is 281 g/mol. The van der Waals surface area contributed by atoms with Crippen LogP contribution in [-0.2, 0) is 11.3 Å². The van der Waals surface area contributed by atoms with Crippen molar-refractivity contribution in [2.75, 3.05) is 19.8 Å². The highest BCUT2D eigenvalue weighted by molar-refractivity contribution is 5.87. The fourth-order valence-corrected chi connectivity index (χ4v) is 1.91. The van der Waals surface area contributed by atoms with Gasteiger partial charge in [0.2, 0.25) is 0 Å². The Hall–Kier alpha value is -1.46. The maximum Gasteiger partial charge on any atom is 0.338 e. The Balaban J connectivity index is 1.60. The van der Waals surface area contributed by atoms with E-state index in [-0.39, 0.29) is 5.56 Å². The standard InChI is InChI=1S/C15H20FNO3/c16-14-8-12(4-5-13(14)15(18)19)9-17-6-1-7-20-10-11-2-3-11/h4-5,8,11,17H,1-3,6-7,9-10H2,(H,18,19). The van der Waals surface area contributed by atoms with E-state index in [1.165, 1.54) is 25.0 Å². The van der Waals surface area contributed by atoms with E-state index in [0.717, 1.165) is 37.7 Å². The second kappa shape index (κ2) is 7.36. The molecule has 1 fully saturated rings. The molecule has 2 N–H and O–H groups in total. The van der Waals surface area contributed by atoms with Crippen molar-refractivity contribution in [1.82, 2.24) is 5.32 Å². The van der Waals surface area contributed by atoms with Gasteiger partial charge in [-0.15, -0.1) is 0 Å². The van der Waals surface area contributed by atoms with Crippen LogP contribution in [-0.4, -0.2) is 30.8 Å². The molecule has 0 heterocycles. The van der Waals surface area contributed by atoms with Gasteiger partial charge in [0.1, 0.15) is 5.82 Å². The summed E-state index contributed by atoms with van der Waals surface area (Å²) >= 11 is 0. The van der Waals surface area contributed by atoms with Gasteiger partial charge in [0, 0.05) is 19.8 Å². The summed E-state index contributed by atoms with van der Waals surface area (Å²) in [6.07, 6.45) is 3.52. The van der Waals surface area contributed by atoms with Crippen LogP contribution in [0.3, 0.4) is 0 Å². The van der Waals surface area contributed by atoms with Crippen LogP contribution in [0.2, 0.25) is 0 Å². The van der Waals surface area contributed by atoms with Crippen LogP contribution in [0.1, 0.15) is 35.2 Å². The average Bonchev–Trinajstić information content (AvgIpc) is 3.21. The quantitative estimate of drug-likeness (QED) is 0.683. The highest BCUT2D eigenvalue weighted by atomic mass is 19.1. The average molecular weight is 281 g/mol. The minimum Gasteiger partial charge on any atom is -0.478 e. The molecule has 0 aromatic heterocycles. The number of carbonyl (C=O) groups is 1. The molecule has 0 unspecified atom stereocenters. The van der Waals surface area contributed by atoms with Crippen molar-refractivity contribution in [3.05, 3.63) is 35.1 Å². The lowest BCUT2D eigenvalue weighted by Gasteiger charge is -2.07. The molecule has 4 nitrogen and oxygen atoms in total. The highest BCUT2D eigenvalue weighted by Crippen LogP contribution is 2.28. The molecule has 0 radical (unpaired) electrons. The SMILES string of the molecule is O=C(O)c1ccc(CNCCCOCC2CC2)cc1F. The van der Waals surface area contributed by atoms with E-state index in [0.29, 0.717) is 6.54 Å². The van der Waals surface area contributed by atoms with Crippen molar-refractivity contribution in [2.45, 2.75) is 25.8 Å². The summed E-state index contributed by atoms with van der Waals surface area (Å²) in [6, 6.07) is 4.19. The third kappa shape index (κ3) is 4.90. The van der Waals surface area contributed by atoms with Crippen LogP contribution >= 0.6 is 0 Å². The molecule has 1 saturated carbocycles. The van der Waals surface area contributed by atoms with Gasteiger partial charge in [-0.25, -0.2) is 9.18 Å². The number of benzene rings is 1. The summed E-state index contributed by atoms with van der Waals surface area (Å²) in [6.45, 7) is 2.95. The molecular weight excluding hydrogens is 261 g/mol. The molecule has 0 amide bonds. The number of hydrogen-bond donors (Lipinski definition) is 2. The molecule has 0 bridgehead atoms. The number of halogens is 1. The molecule has 1 aromatic carbocycles. The van der Waals surface area contributed by atoms with E-state index in [4.69, 9.17) is 9.84 Å². The molecule has 1 aromatic rings. The van der Waals surface area contributed by atoms with Gasteiger partial charge in [0.25, 0.3) is 0 Å². The van der Waals surface area contributed by atoms with Crippen LogP contribution in [0.25, 0.3) is 0 Å². The summed E-state index contributed by atoms with van der Waals surface area (Å²) < 4.78 is 18.9. The van der Waals surface area contributed by atoms with Gasteiger partial charge < -0.3 is 15.2 Å². The fraction of sp³-hybridized carbons (Fsp3) is 0.533. The normalized spacial score (nSPS) is 14.4. The van der Waals surface area contributed by atoms with E-state index < -0.39 is 11.8 Å². The zero-order chi connectivity index (χ0) is 14.4. The first-order valence-electron chi connectivity index (χ1n) is 6.97. The number of ether oxygens (including phenoxy) is 1. The van der Waals surface area contributed by atoms with Gasteiger partial charge in [0.15, 0.2) is 0 Å². The minimum atomic E-state index is -1.24. The molecular formula is C15H20FNO3. The summed E-state index contributed by atoms with van der Waals surface area (Å²) in [5.74, 6) is -1.14. The van der Waals surface area contributed by atoms with Gasteiger partial charge in [0.05, 0.1) is 5.56 Å². The summed E-state index contributed by atoms with van der Waals surface area (Å²) in [5.41, 5.74) is 0.452. The number of rotatable bonds is 9. The minimum absolute atomic E-state index is 0.290. The first-order chi connectivity index (χ1) is 9.66. The van der Waals surface area contributed by atoms with Crippen molar-refractivity contribution in [2.24, 2.45) is 5.92 Å². The van der Waals surface area contributed by atoms with Crippen LogP contribution in [0.5, 0.6) is 0 Å². The molecule has 1 aliphatic rings. The van der Waals surface area contributed by atoms with Crippen LogP contribution in [0.4, 0.5) is 4.39 Å². The summed E-state index contributed by atoms with van der Waals surface area (Å²) in [4.78, 5) is 10.7. The Kier molecular flexibility index (Phi) is 5.49. The third-order valence-electron chi connectivity index (χ3n) is 3.29. The molecule has 0 atom stereocenters. The van der Waals surface area contributed by atoms with Crippen molar-refractivity contribution in [3.63, 3.8) is 0 Å². The summed E-state index contributed by atoms with van der Waals surface area (Å²) in [5, 5.41) is 11.9. The van der Waals surface area contributed by atoms with Gasteiger partial charge in [-0.2, -0.15) is 0 Å². The largest absolute Gasteiger partial charge is 0.478 e. The second-order valence-electron chi connectivity index (χ2n) is 5.17. The number of aromatic carboxylic acids is 1. The van der Waals surface area contributed by atoms with Crippen molar-refractivity contribution in [3.8, 4) is 0 Å². The van der Waals surface area contributed by atoms with E-state index in [9.17, 15) is 9.18 Å². The predicted octanol–water partition coefficient (Wildman–Crippen LogP) is 2.43. The van der Waals surface area contributed by atoms with Crippen LogP contribution in [0, 0.1) is 11.7 Å². The number of carboxylic acids is 1. The zero-order valence-corrected chi connectivity index (χ0v) is 11.4. The Morgan fingerprint density at radius 1 is 1.45 bits per heavy atom. The lowest BCUT2D eigenvalue weighted by Crippen LogP contribution is -2.17. The summed E-state index contributed by atoms with van der Waals surface area (Å²) in [7, 11) is 0. The smallest absolute Gasteiger partial charge is 0.338 e. The van der Waals surface area contributed by atoms with Gasteiger partial charge in [-0.3, -0.25) is 0 Å². The molecule has 0 saturated heterocycles. The predicted molar refractivity (Wildman–Crippen MR) is 73.2 cm³/mol. The molecule has 0 spiro atoms. The lowest BCUT2D eigenvalue weighted by molar-refractivity contribution is 0.0692. The molecule has 2 rings (SSSR count). The maximum absolute atomic E-state index is 13.4. The Morgan fingerprint density at radius 2 is 2.25 bits per heavy atom. The highest BCUT2D eigenvalue weighted by Gasteiger charge is 2.20. The number of hydrogen-bond acceptors (Lipinski definition) is 3. The topological polar surface area (TPSA) is 58.6 Å². The van der Waals surface area contributed by atoms with Crippen molar-refractivity contribution in [1.29, 1.82) is 0 Å². The van der Waals surface area contributed by atoms with Crippen LogP contribution in [0.15, 0.2) is 18.2 Å². The Bertz CT molecular complexity index is 460. The molecule has 1 aliphatic carbocycles. The van der Waals surface area contributed by atoms with Gasteiger partial charge in [-0.05, 0) is 49.4 Å². The lowest BCUT2D eigenvalue weighted by atomic mass is 10.1. The molecule has 110 valence electrons. The third-order valence-corrected chi connectivity index (χ3v) is 3.29. The number of nitrogens with one attached hydrogen (secondary N) is 1. The first-order valence-corrected chi connectivity index (χ1v) is 6.97. The Labute approximate surface area is 117 Å². The maximum atomic E-state index is 13.4. The van der Waals surface area contributed by atoms with E-state index >= 15 is 0 Å². The molecule has 5 heteroatoms. The molecule has 20 heavy (non-hydrogen) atoms. The van der Waals surface area contributed by atoms with Gasteiger partial charge in [-0.1, -0.05) is 6.07 Å². The number of carboxylic acid groups (broad SMARTS) is 1. The van der Waals surface area contributed by atoms with Crippen LogP contribution < -0.4 is 5.32 Å². The Morgan fingerprint density at radius 3 is 2.90 bits per heavy atom. The second-order valence-corrected chi connectivity index (χ2v) is 5.17. The van der Waals surface area contributed by atoms with Crippen molar-refractivity contribution >= 4 is 5.97 Å². The van der Waals surface area contributed by atoms with Gasteiger partial charge >= 0.3 is 5.97 Å². The molecule has 0 aliphatic heterocycles.